The normalized spacial score (nSPS) is 44.4. The molecule has 4 rings (SSSR count). The molecule has 18 heavy (non-hydrogen) atoms. The van der Waals surface area contributed by atoms with Crippen LogP contribution in [0, 0.1) is 11.8 Å². The number of piperidine rings is 4. The van der Waals surface area contributed by atoms with Crippen molar-refractivity contribution in [3.05, 3.63) is 0 Å². The fourth-order valence-corrected chi connectivity index (χ4v) is 5.26. The molecule has 1 amide bonds. The summed E-state index contributed by atoms with van der Waals surface area (Å²) >= 11 is 0. The van der Waals surface area contributed by atoms with Crippen molar-refractivity contribution in [1.82, 2.24) is 9.80 Å². The van der Waals surface area contributed by atoms with Crippen LogP contribution in [0.3, 0.4) is 0 Å². The number of nitrogens with zero attached hydrogens (tertiary/aromatic N) is 2. The maximum absolute atomic E-state index is 12.2. The molecule has 0 saturated carbocycles. The Morgan fingerprint density at radius 1 is 1.00 bits per heavy atom. The number of carbonyl (C=O) groups is 1. The number of fused-ring (bicyclic) bond motifs is 2. The summed E-state index contributed by atoms with van der Waals surface area (Å²) in [5.74, 6) is 2.02. The van der Waals surface area contributed by atoms with Gasteiger partial charge in [0.25, 0.3) is 0 Å². The molecule has 4 saturated heterocycles. The van der Waals surface area contributed by atoms with Gasteiger partial charge in [-0.1, -0.05) is 0 Å². The smallest absolute Gasteiger partial charge is 0.222 e. The third-order valence-corrected chi connectivity index (χ3v) is 5.88. The van der Waals surface area contributed by atoms with E-state index in [0.29, 0.717) is 11.9 Å². The van der Waals surface area contributed by atoms with Gasteiger partial charge in [-0.15, -0.1) is 0 Å². The molecular formula is C15H24N2O. The molecule has 100 valence electrons. The van der Waals surface area contributed by atoms with Gasteiger partial charge in [0.05, 0.1) is 0 Å². The summed E-state index contributed by atoms with van der Waals surface area (Å²) in [6.07, 6.45) is 8.64. The lowest BCUT2D eigenvalue weighted by molar-refractivity contribution is -0.150. The standard InChI is InChI=1S/C15H24N2O/c18-14-7-1-6-13-12-5-3-9-16-8-2-4-11(15(12)16)10-17(13)14/h11-13,15H,1-10H2/t11-,12?,13?,15?/m0/s1. The third-order valence-electron chi connectivity index (χ3n) is 5.88. The molecule has 0 N–H and O–H groups in total. The quantitative estimate of drug-likeness (QED) is 0.653. The van der Waals surface area contributed by atoms with Gasteiger partial charge in [-0.2, -0.15) is 0 Å². The number of hydrogen-bond donors (Lipinski definition) is 0. The Bertz CT molecular complexity index is 354. The van der Waals surface area contributed by atoms with Crippen molar-refractivity contribution in [1.29, 1.82) is 0 Å². The van der Waals surface area contributed by atoms with Crippen molar-refractivity contribution >= 4 is 5.91 Å². The minimum Gasteiger partial charge on any atom is -0.339 e. The fourth-order valence-electron chi connectivity index (χ4n) is 5.26. The molecular weight excluding hydrogens is 224 g/mol. The maximum atomic E-state index is 12.2. The van der Waals surface area contributed by atoms with Crippen molar-refractivity contribution in [2.45, 2.75) is 57.0 Å². The van der Waals surface area contributed by atoms with Gasteiger partial charge in [0, 0.05) is 25.0 Å². The molecule has 4 aliphatic heterocycles. The van der Waals surface area contributed by atoms with E-state index in [4.69, 9.17) is 0 Å². The lowest BCUT2D eigenvalue weighted by atomic mass is 9.68. The molecule has 4 heterocycles. The van der Waals surface area contributed by atoms with Gasteiger partial charge in [0.2, 0.25) is 5.91 Å². The fraction of sp³-hybridized carbons (Fsp3) is 0.933. The van der Waals surface area contributed by atoms with Crippen LogP contribution in [0.2, 0.25) is 0 Å². The molecule has 4 aliphatic rings. The highest BCUT2D eigenvalue weighted by molar-refractivity contribution is 5.77. The molecule has 0 aromatic carbocycles. The van der Waals surface area contributed by atoms with Crippen molar-refractivity contribution in [2.75, 3.05) is 19.6 Å². The van der Waals surface area contributed by atoms with E-state index in [-0.39, 0.29) is 0 Å². The monoisotopic (exact) mass is 248 g/mol. The van der Waals surface area contributed by atoms with Crippen LogP contribution in [-0.4, -0.2) is 47.4 Å². The Morgan fingerprint density at radius 3 is 2.72 bits per heavy atom. The summed E-state index contributed by atoms with van der Waals surface area (Å²) in [7, 11) is 0. The highest BCUT2D eigenvalue weighted by Gasteiger charge is 2.50. The molecule has 0 spiro atoms. The minimum atomic E-state index is 0.451. The van der Waals surface area contributed by atoms with Crippen molar-refractivity contribution < 1.29 is 4.79 Å². The van der Waals surface area contributed by atoms with E-state index < -0.39 is 0 Å². The van der Waals surface area contributed by atoms with Crippen molar-refractivity contribution in [2.24, 2.45) is 11.8 Å². The number of rotatable bonds is 0. The molecule has 0 bridgehead atoms. The van der Waals surface area contributed by atoms with Gasteiger partial charge in [-0.05, 0) is 63.5 Å². The average Bonchev–Trinajstić information content (AvgIpc) is 2.41. The van der Waals surface area contributed by atoms with Gasteiger partial charge < -0.3 is 4.90 Å². The van der Waals surface area contributed by atoms with E-state index in [1.165, 1.54) is 45.2 Å². The molecule has 4 atom stereocenters. The summed E-state index contributed by atoms with van der Waals surface area (Å²) in [4.78, 5) is 17.2. The Morgan fingerprint density at radius 2 is 1.83 bits per heavy atom. The Kier molecular flexibility index (Phi) is 2.65. The first-order valence-electron chi connectivity index (χ1n) is 7.88. The second-order valence-corrected chi connectivity index (χ2v) is 6.74. The minimum absolute atomic E-state index is 0.451. The molecule has 0 aromatic heterocycles. The topological polar surface area (TPSA) is 23.6 Å². The van der Waals surface area contributed by atoms with Gasteiger partial charge >= 0.3 is 0 Å². The average molecular weight is 248 g/mol. The SMILES string of the molecule is O=C1CCCC2C3CCCN4CCC[C@@H](CN12)C34. The molecule has 3 heteroatoms. The molecule has 4 fully saturated rings. The zero-order chi connectivity index (χ0) is 12.1. The maximum Gasteiger partial charge on any atom is 0.222 e. The first-order valence-corrected chi connectivity index (χ1v) is 7.88. The molecule has 0 aromatic rings. The van der Waals surface area contributed by atoms with Gasteiger partial charge in [-0.25, -0.2) is 0 Å². The summed E-state index contributed by atoms with van der Waals surface area (Å²) in [5.41, 5.74) is 0. The van der Waals surface area contributed by atoms with E-state index in [0.717, 1.165) is 37.3 Å². The summed E-state index contributed by atoms with van der Waals surface area (Å²) in [6.45, 7) is 3.71. The third kappa shape index (κ3) is 1.56. The summed E-state index contributed by atoms with van der Waals surface area (Å²) in [5, 5.41) is 0. The van der Waals surface area contributed by atoms with E-state index in [9.17, 15) is 4.79 Å². The second kappa shape index (κ2) is 4.22. The van der Waals surface area contributed by atoms with Gasteiger partial charge in [0.1, 0.15) is 0 Å². The first-order chi connectivity index (χ1) is 8.84. The van der Waals surface area contributed by atoms with Gasteiger partial charge in [0.15, 0.2) is 0 Å². The zero-order valence-corrected chi connectivity index (χ0v) is 11.2. The Hall–Kier alpha value is -0.570. The zero-order valence-electron chi connectivity index (χ0n) is 11.2. The van der Waals surface area contributed by atoms with Crippen LogP contribution in [0.1, 0.15) is 44.9 Å². The highest BCUT2D eigenvalue weighted by atomic mass is 16.2. The van der Waals surface area contributed by atoms with E-state index in [1.807, 2.05) is 0 Å². The molecule has 0 radical (unpaired) electrons. The number of amides is 1. The van der Waals surface area contributed by atoms with E-state index >= 15 is 0 Å². The van der Waals surface area contributed by atoms with Crippen LogP contribution in [-0.2, 0) is 4.79 Å². The molecule has 0 aliphatic carbocycles. The van der Waals surface area contributed by atoms with Crippen LogP contribution in [0.15, 0.2) is 0 Å². The van der Waals surface area contributed by atoms with Crippen LogP contribution < -0.4 is 0 Å². The lowest BCUT2D eigenvalue weighted by Crippen LogP contribution is -2.66. The predicted molar refractivity (Wildman–Crippen MR) is 70.2 cm³/mol. The summed E-state index contributed by atoms with van der Waals surface area (Å²) in [6, 6.07) is 1.41. The summed E-state index contributed by atoms with van der Waals surface area (Å²) < 4.78 is 0. The van der Waals surface area contributed by atoms with E-state index in [2.05, 4.69) is 9.80 Å². The largest absolute Gasteiger partial charge is 0.339 e. The lowest BCUT2D eigenvalue weighted by Gasteiger charge is -2.58. The number of carbonyl (C=O) groups excluding carboxylic acids is 1. The second-order valence-electron chi connectivity index (χ2n) is 6.74. The Balaban J connectivity index is 1.66. The van der Waals surface area contributed by atoms with Gasteiger partial charge in [-0.3, -0.25) is 9.69 Å². The predicted octanol–water partition coefficient (Wildman–Crippen LogP) is 1.87. The van der Waals surface area contributed by atoms with Crippen molar-refractivity contribution in [3.63, 3.8) is 0 Å². The first kappa shape index (κ1) is 11.3. The van der Waals surface area contributed by atoms with Crippen LogP contribution in [0.5, 0.6) is 0 Å². The van der Waals surface area contributed by atoms with Crippen molar-refractivity contribution in [3.8, 4) is 0 Å². The Labute approximate surface area is 110 Å². The molecule has 3 unspecified atom stereocenters. The van der Waals surface area contributed by atoms with Crippen LogP contribution in [0.25, 0.3) is 0 Å². The van der Waals surface area contributed by atoms with Crippen LogP contribution in [0.4, 0.5) is 0 Å². The number of hydrogen-bond acceptors (Lipinski definition) is 2. The van der Waals surface area contributed by atoms with E-state index in [1.54, 1.807) is 0 Å². The highest BCUT2D eigenvalue weighted by Crippen LogP contribution is 2.44. The van der Waals surface area contributed by atoms with Crippen LogP contribution >= 0.6 is 0 Å². The molecule has 3 nitrogen and oxygen atoms in total.